The van der Waals surface area contributed by atoms with Gasteiger partial charge in [0.1, 0.15) is 5.75 Å². The predicted octanol–water partition coefficient (Wildman–Crippen LogP) is 3.21. The standard InChI is InChI=1S/C18H17ClN2O3/c1-2-24-16-9-7-14(8-10-16)18(23)21-20-17(22)11-6-13-4-3-5-15(19)12-13/h3-12H,2H2,1H3,(H,20,22)(H,21,23)/b11-6+. The molecule has 0 aliphatic heterocycles. The summed E-state index contributed by atoms with van der Waals surface area (Å²) in [5.74, 6) is -0.181. The van der Waals surface area contributed by atoms with E-state index in [1.807, 2.05) is 13.0 Å². The van der Waals surface area contributed by atoms with Crippen LogP contribution in [0, 0.1) is 0 Å². The van der Waals surface area contributed by atoms with Crippen molar-refractivity contribution in [2.24, 2.45) is 0 Å². The SMILES string of the molecule is CCOc1ccc(C(=O)NNC(=O)/C=C/c2cccc(Cl)c2)cc1. The van der Waals surface area contributed by atoms with Crippen LogP contribution in [0.3, 0.4) is 0 Å². The minimum Gasteiger partial charge on any atom is -0.494 e. The van der Waals surface area contributed by atoms with E-state index in [2.05, 4.69) is 10.9 Å². The largest absolute Gasteiger partial charge is 0.494 e. The minimum atomic E-state index is -0.450. The van der Waals surface area contributed by atoms with Gasteiger partial charge in [-0.05, 0) is 55.0 Å². The maximum absolute atomic E-state index is 11.9. The van der Waals surface area contributed by atoms with E-state index in [1.165, 1.54) is 6.08 Å². The normalized spacial score (nSPS) is 10.4. The zero-order chi connectivity index (χ0) is 17.4. The van der Waals surface area contributed by atoms with Crippen molar-refractivity contribution in [1.82, 2.24) is 10.9 Å². The quantitative estimate of drug-likeness (QED) is 0.646. The van der Waals surface area contributed by atoms with Gasteiger partial charge in [-0.1, -0.05) is 23.7 Å². The van der Waals surface area contributed by atoms with Crippen LogP contribution in [0.5, 0.6) is 5.75 Å². The number of nitrogens with one attached hydrogen (secondary N) is 2. The van der Waals surface area contributed by atoms with Crippen LogP contribution in [0.15, 0.2) is 54.6 Å². The monoisotopic (exact) mass is 344 g/mol. The molecule has 0 unspecified atom stereocenters. The van der Waals surface area contributed by atoms with Gasteiger partial charge in [0.15, 0.2) is 0 Å². The van der Waals surface area contributed by atoms with Crippen molar-refractivity contribution in [2.45, 2.75) is 6.92 Å². The Morgan fingerprint density at radius 3 is 2.54 bits per heavy atom. The van der Waals surface area contributed by atoms with Gasteiger partial charge in [-0.3, -0.25) is 20.4 Å². The second kappa shape index (κ2) is 8.74. The van der Waals surface area contributed by atoms with Crippen molar-refractivity contribution < 1.29 is 14.3 Å². The Morgan fingerprint density at radius 2 is 1.88 bits per heavy atom. The number of benzene rings is 2. The van der Waals surface area contributed by atoms with Gasteiger partial charge in [-0.15, -0.1) is 0 Å². The molecular weight excluding hydrogens is 328 g/mol. The molecule has 0 spiro atoms. The second-order valence-corrected chi connectivity index (χ2v) is 5.23. The highest BCUT2D eigenvalue weighted by Crippen LogP contribution is 2.12. The van der Waals surface area contributed by atoms with Gasteiger partial charge in [-0.2, -0.15) is 0 Å². The molecule has 0 aromatic heterocycles. The Hall–Kier alpha value is -2.79. The number of ether oxygens (including phenoxy) is 1. The summed E-state index contributed by atoms with van der Waals surface area (Å²) in [4.78, 5) is 23.6. The third-order valence-electron chi connectivity index (χ3n) is 3.00. The molecule has 0 radical (unpaired) electrons. The number of hydrazine groups is 1. The van der Waals surface area contributed by atoms with Crippen LogP contribution < -0.4 is 15.6 Å². The average molecular weight is 345 g/mol. The van der Waals surface area contributed by atoms with Gasteiger partial charge < -0.3 is 4.74 Å². The molecule has 24 heavy (non-hydrogen) atoms. The molecule has 2 amide bonds. The molecular formula is C18H17ClN2O3. The van der Waals surface area contributed by atoms with Crippen LogP contribution in [0.25, 0.3) is 6.08 Å². The lowest BCUT2D eigenvalue weighted by Gasteiger charge is -2.06. The smallest absolute Gasteiger partial charge is 0.269 e. The van der Waals surface area contributed by atoms with E-state index in [-0.39, 0.29) is 0 Å². The fraction of sp³-hybridized carbons (Fsp3) is 0.111. The Labute approximate surface area is 145 Å². The number of amides is 2. The van der Waals surface area contributed by atoms with Gasteiger partial charge >= 0.3 is 0 Å². The highest BCUT2D eigenvalue weighted by Gasteiger charge is 2.06. The fourth-order valence-electron chi connectivity index (χ4n) is 1.88. The third kappa shape index (κ3) is 5.44. The van der Waals surface area contributed by atoms with E-state index >= 15 is 0 Å². The van der Waals surface area contributed by atoms with Crippen molar-refractivity contribution in [3.8, 4) is 5.75 Å². The molecule has 0 heterocycles. The van der Waals surface area contributed by atoms with Gasteiger partial charge in [0.2, 0.25) is 0 Å². The van der Waals surface area contributed by atoms with Crippen molar-refractivity contribution >= 4 is 29.5 Å². The number of carbonyl (C=O) groups is 2. The average Bonchev–Trinajstić information content (AvgIpc) is 2.59. The zero-order valence-corrected chi connectivity index (χ0v) is 13.8. The molecule has 5 nitrogen and oxygen atoms in total. The first kappa shape index (κ1) is 17.6. The first-order valence-electron chi connectivity index (χ1n) is 7.35. The highest BCUT2D eigenvalue weighted by molar-refractivity contribution is 6.30. The van der Waals surface area contributed by atoms with Crippen LogP contribution in [0.1, 0.15) is 22.8 Å². The first-order chi connectivity index (χ1) is 11.6. The van der Waals surface area contributed by atoms with Gasteiger partial charge in [0.25, 0.3) is 11.8 Å². The first-order valence-corrected chi connectivity index (χ1v) is 7.73. The lowest BCUT2D eigenvalue weighted by molar-refractivity contribution is -0.117. The van der Waals surface area contributed by atoms with E-state index < -0.39 is 11.8 Å². The maximum atomic E-state index is 11.9. The number of halogens is 1. The summed E-state index contributed by atoms with van der Waals surface area (Å²) < 4.78 is 5.30. The Balaban J connectivity index is 1.85. The summed E-state index contributed by atoms with van der Waals surface area (Å²) in [6, 6.07) is 13.7. The van der Waals surface area contributed by atoms with E-state index in [0.717, 1.165) is 5.56 Å². The fourth-order valence-corrected chi connectivity index (χ4v) is 2.08. The van der Waals surface area contributed by atoms with Gasteiger partial charge in [-0.25, -0.2) is 0 Å². The van der Waals surface area contributed by atoms with E-state index in [0.29, 0.717) is 22.9 Å². The molecule has 2 N–H and O–H groups in total. The van der Waals surface area contributed by atoms with Crippen molar-refractivity contribution in [1.29, 1.82) is 0 Å². The van der Waals surface area contributed by atoms with Crippen LogP contribution in [-0.4, -0.2) is 18.4 Å². The molecule has 0 fully saturated rings. The lowest BCUT2D eigenvalue weighted by atomic mass is 10.2. The number of hydrogen-bond donors (Lipinski definition) is 2. The zero-order valence-electron chi connectivity index (χ0n) is 13.1. The van der Waals surface area contributed by atoms with Crippen LogP contribution in [0.2, 0.25) is 5.02 Å². The Morgan fingerprint density at radius 1 is 1.12 bits per heavy atom. The molecule has 2 aromatic carbocycles. The molecule has 124 valence electrons. The van der Waals surface area contributed by atoms with Crippen LogP contribution in [-0.2, 0) is 4.79 Å². The third-order valence-corrected chi connectivity index (χ3v) is 3.24. The molecule has 0 saturated carbocycles. The molecule has 2 aromatic rings. The van der Waals surface area contributed by atoms with E-state index in [9.17, 15) is 9.59 Å². The predicted molar refractivity (Wildman–Crippen MR) is 93.7 cm³/mol. The van der Waals surface area contributed by atoms with Crippen molar-refractivity contribution in [2.75, 3.05) is 6.61 Å². The second-order valence-electron chi connectivity index (χ2n) is 4.79. The van der Waals surface area contributed by atoms with Gasteiger partial charge in [0.05, 0.1) is 6.61 Å². The molecule has 0 aliphatic carbocycles. The summed E-state index contributed by atoms with van der Waals surface area (Å²) in [5, 5.41) is 0.585. The topological polar surface area (TPSA) is 67.4 Å². The molecule has 0 saturated heterocycles. The molecule has 0 aliphatic rings. The van der Waals surface area contributed by atoms with Crippen molar-refractivity contribution in [3.63, 3.8) is 0 Å². The summed E-state index contributed by atoms with van der Waals surface area (Å²) in [6.45, 7) is 2.44. The van der Waals surface area contributed by atoms with Crippen molar-refractivity contribution in [3.05, 3.63) is 70.8 Å². The number of hydrogen-bond acceptors (Lipinski definition) is 3. The van der Waals surface area contributed by atoms with E-state index in [1.54, 1.807) is 48.5 Å². The summed E-state index contributed by atoms with van der Waals surface area (Å²) >= 11 is 5.86. The van der Waals surface area contributed by atoms with Crippen LogP contribution in [0.4, 0.5) is 0 Å². The maximum Gasteiger partial charge on any atom is 0.269 e. The summed E-state index contributed by atoms with van der Waals surface area (Å²) in [5.41, 5.74) is 5.86. The highest BCUT2D eigenvalue weighted by atomic mass is 35.5. The number of carbonyl (C=O) groups excluding carboxylic acids is 2. The summed E-state index contributed by atoms with van der Waals surface area (Å²) in [6.07, 6.45) is 2.91. The lowest BCUT2D eigenvalue weighted by Crippen LogP contribution is -2.40. The van der Waals surface area contributed by atoms with E-state index in [4.69, 9.17) is 16.3 Å². The summed E-state index contributed by atoms with van der Waals surface area (Å²) in [7, 11) is 0. The Bertz CT molecular complexity index is 742. The molecule has 0 atom stereocenters. The molecule has 2 rings (SSSR count). The molecule has 0 bridgehead atoms. The minimum absolute atomic E-state index is 0.414. The molecule has 6 heteroatoms. The Kier molecular flexibility index (Phi) is 6.40. The van der Waals surface area contributed by atoms with Crippen LogP contribution >= 0.6 is 11.6 Å². The van der Waals surface area contributed by atoms with Gasteiger partial charge in [0, 0.05) is 16.7 Å². The number of rotatable bonds is 5.